The van der Waals surface area contributed by atoms with Crippen LogP contribution in [0.5, 0.6) is 0 Å². The fourth-order valence-electron chi connectivity index (χ4n) is 2.16. The molecule has 0 unspecified atom stereocenters. The number of carbonyl (C=O) groups is 1. The van der Waals surface area contributed by atoms with Crippen molar-refractivity contribution in [2.24, 2.45) is 4.99 Å². The Bertz CT molecular complexity index is 667. The molecule has 0 amide bonds. The van der Waals surface area contributed by atoms with Gasteiger partial charge in [-0.05, 0) is 17.7 Å². The molecule has 100 valence electrons. The zero-order valence-corrected chi connectivity index (χ0v) is 11.5. The van der Waals surface area contributed by atoms with Crippen molar-refractivity contribution in [1.82, 2.24) is 0 Å². The molecule has 4 heteroatoms. The summed E-state index contributed by atoms with van der Waals surface area (Å²) in [4.78, 5) is 17.0. The number of hydrogen-bond acceptors (Lipinski definition) is 3. The first-order valence-electron chi connectivity index (χ1n) is 6.35. The van der Waals surface area contributed by atoms with Gasteiger partial charge in [-0.1, -0.05) is 42.5 Å². The van der Waals surface area contributed by atoms with Crippen molar-refractivity contribution in [3.63, 3.8) is 0 Å². The van der Waals surface area contributed by atoms with Crippen LogP contribution in [0.25, 0.3) is 0 Å². The fourth-order valence-corrected chi connectivity index (χ4v) is 3.20. The summed E-state index contributed by atoms with van der Waals surface area (Å²) in [6, 6.07) is 17.4. The molecule has 0 spiro atoms. The van der Waals surface area contributed by atoms with Crippen LogP contribution in [0.2, 0.25) is 0 Å². The van der Waals surface area contributed by atoms with Crippen LogP contribution >= 0.6 is 11.8 Å². The van der Waals surface area contributed by atoms with E-state index in [1.165, 1.54) is 11.8 Å². The number of fused-ring (bicyclic) bond motifs is 1. The molecule has 0 saturated carbocycles. The van der Waals surface area contributed by atoms with Crippen molar-refractivity contribution in [2.45, 2.75) is 16.6 Å². The Morgan fingerprint density at radius 1 is 1.10 bits per heavy atom. The molecule has 1 aliphatic heterocycles. The third kappa shape index (κ3) is 2.60. The Morgan fingerprint density at radius 3 is 2.55 bits per heavy atom. The van der Waals surface area contributed by atoms with Crippen LogP contribution in [-0.2, 0) is 4.79 Å². The van der Waals surface area contributed by atoms with E-state index in [9.17, 15) is 9.90 Å². The zero-order chi connectivity index (χ0) is 13.9. The Balaban J connectivity index is 2.09. The summed E-state index contributed by atoms with van der Waals surface area (Å²) in [5, 5.41) is 8.88. The highest BCUT2D eigenvalue weighted by molar-refractivity contribution is 8.00. The monoisotopic (exact) mass is 283 g/mol. The molecule has 3 nitrogen and oxygen atoms in total. The molecular weight excluding hydrogens is 270 g/mol. The van der Waals surface area contributed by atoms with Gasteiger partial charge >= 0.3 is 5.97 Å². The molecule has 1 N–H and O–H groups in total. The van der Waals surface area contributed by atoms with Crippen molar-refractivity contribution in [3.05, 3.63) is 60.2 Å². The molecule has 0 fully saturated rings. The molecule has 0 bridgehead atoms. The average molecular weight is 283 g/mol. The minimum absolute atomic E-state index is 0.429. The summed E-state index contributed by atoms with van der Waals surface area (Å²) >= 11 is 1.37. The van der Waals surface area contributed by atoms with Crippen LogP contribution in [-0.4, -0.2) is 22.0 Å². The summed E-state index contributed by atoms with van der Waals surface area (Å²) in [5.74, 6) is -0.796. The maximum atomic E-state index is 11.4. The predicted molar refractivity (Wildman–Crippen MR) is 81.0 cm³/mol. The van der Waals surface area contributed by atoms with E-state index in [0.717, 1.165) is 21.9 Å². The van der Waals surface area contributed by atoms with Crippen molar-refractivity contribution >= 4 is 29.1 Å². The van der Waals surface area contributed by atoms with Gasteiger partial charge < -0.3 is 5.11 Å². The first kappa shape index (κ1) is 12.9. The average Bonchev–Trinajstić information content (AvgIpc) is 2.67. The van der Waals surface area contributed by atoms with E-state index in [0.29, 0.717) is 6.42 Å². The van der Waals surface area contributed by atoms with Gasteiger partial charge in [-0.25, -0.2) is 0 Å². The summed E-state index contributed by atoms with van der Waals surface area (Å²) in [6.45, 7) is 0. The summed E-state index contributed by atoms with van der Waals surface area (Å²) in [7, 11) is 0. The quantitative estimate of drug-likeness (QED) is 0.913. The van der Waals surface area contributed by atoms with Gasteiger partial charge in [0, 0.05) is 11.3 Å². The molecule has 2 aromatic carbocycles. The number of benzene rings is 2. The Morgan fingerprint density at radius 2 is 1.80 bits per heavy atom. The first-order valence-corrected chi connectivity index (χ1v) is 7.23. The normalized spacial score (nSPS) is 17.8. The van der Waals surface area contributed by atoms with Crippen molar-refractivity contribution in [3.8, 4) is 0 Å². The largest absolute Gasteiger partial charge is 0.480 e. The highest BCUT2D eigenvalue weighted by atomic mass is 32.2. The van der Waals surface area contributed by atoms with Gasteiger partial charge in [0.25, 0.3) is 0 Å². The highest BCUT2D eigenvalue weighted by Crippen LogP contribution is 2.37. The summed E-state index contributed by atoms with van der Waals surface area (Å²) in [5.41, 5.74) is 2.66. The first-order chi connectivity index (χ1) is 9.74. The van der Waals surface area contributed by atoms with E-state index >= 15 is 0 Å². The number of aliphatic carboxylic acids is 1. The number of rotatable bonds is 2. The lowest BCUT2D eigenvalue weighted by molar-refractivity contribution is -0.136. The van der Waals surface area contributed by atoms with Crippen molar-refractivity contribution in [2.75, 3.05) is 0 Å². The lowest BCUT2D eigenvalue weighted by Crippen LogP contribution is -2.20. The SMILES string of the molecule is O=C(O)[C@@H]1CC(c2ccccc2)=Nc2ccccc2S1. The third-order valence-corrected chi connectivity index (χ3v) is 4.40. The second-order valence-corrected chi connectivity index (χ2v) is 5.79. The molecule has 0 aliphatic carbocycles. The molecule has 20 heavy (non-hydrogen) atoms. The lowest BCUT2D eigenvalue weighted by Gasteiger charge is -2.10. The lowest BCUT2D eigenvalue weighted by atomic mass is 10.1. The molecule has 1 atom stereocenters. The van der Waals surface area contributed by atoms with Gasteiger partial charge in [0.15, 0.2) is 0 Å². The zero-order valence-electron chi connectivity index (χ0n) is 10.7. The molecule has 0 aromatic heterocycles. The number of para-hydroxylation sites is 1. The fraction of sp³-hybridized carbons (Fsp3) is 0.125. The third-order valence-electron chi connectivity index (χ3n) is 3.15. The van der Waals surface area contributed by atoms with E-state index < -0.39 is 11.2 Å². The Hall–Kier alpha value is -2.07. The van der Waals surface area contributed by atoms with Gasteiger partial charge in [0.05, 0.1) is 11.4 Å². The predicted octanol–water partition coefficient (Wildman–Crippen LogP) is 3.76. The van der Waals surface area contributed by atoms with E-state index in [2.05, 4.69) is 4.99 Å². The molecule has 1 heterocycles. The van der Waals surface area contributed by atoms with Crippen LogP contribution in [0.15, 0.2) is 64.5 Å². The topological polar surface area (TPSA) is 49.7 Å². The highest BCUT2D eigenvalue weighted by Gasteiger charge is 2.25. The van der Waals surface area contributed by atoms with Gasteiger partial charge in [0.2, 0.25) is 0 Å². The van der Waals surface area contributed by atoms with Crippen LogP contribution in [0.4, 0.5) is 5.69 Å². The minimum atomic E-state index is -0.796. The number of hydrogen-bond donors (Lipinski definition) is 1. The molecule has 3 rings (SSSR count). The van der Waals surface area contributed by atoms with Crippen LogP contribution in [0.3, 0.4) is 0 Å². The van der Waals surface area contributed by atoms with Crippen molar-refractivity contribution in [1.29, 1.82) is 0 Å². The summed E-state index contributed by atoms with van der Waals surface area (Å²) in [6.07, 6.45) is 0.429. The number of nitrogens with zero attached hydrogens (tertiary/aromatic N) is 1. The number of carboxylic acids is 1. The molecular formula is C16H13NO2S. The van der Waals surface area contributed by atoms with Gasteiger partial charge in [-0.15, -0.1) is 11.8 Å². The van der Waals surface area contributed by atoms with E-state index in [4.69, 9.17) is 0 Å². The number of carboxylic acid groups (broad SMARTS) is 1. The van der Waals surface area contributed by atoms with Crippen LogP contribution in [0.1, 0.15) is 12.0 Å². The van der Waals surface area contributed by atoms with E-state index in [1.54, 1.807) is 0 Å². The Kier molecular flexibility index (Phi) is 3.56. The summed E-state index contributed by atoms with van der Waals surface area (Å²) < 4.78 is 0. The Labute approximate surface area is 121 Å². The molecule has 0 saturated heterocycles. The van der Waals surface area contributed by atoms with Crippen LogP contribution in [0, 0.1) is 0 Å². The maximum absolute atomic E-state index is 11.4. The number of thioether (sulfide) groups is 1. The minimum Gasteiger partial charge on any atom is -0.480 e. The van der Waals surface area contributed by atoms with Crippen LogP contribution < -0.4 is 0 Å². The van der Waals surface area contributed by atoms with Gasteiger partial charge in [-0.3, -0.25) is 9.79 Å². The smallest absolute Gasteiger partial charge is 0.317 e. The molecule has 0 radical (unpaired) electrons. The van der Waals surface area contributed by atoms with Gasteiger partial charge in [0.1, 0.15) is 5.25 Å². The standard InChI is InChI=1S/C16H13NO2S/c18-16(19)15-10-13(11-6-2-1-3-7-11)17-12-8-4-5-9-14(12)20-15/h1-9,15H,10H2,(H,18,19)/t15-/m0/s1. The number of aliphatic imine (C=N–C) groups is 1. The molecule has 2 aromatic rings. The molecule has 1 aliphatic rings. The van der Waals surface area contributed by atoms with Gasteiger partial charge in [-0.2, -0.15) is 0 Å². The van der Waals surface area contributed by atoms with E-state index in [-0.39, 0.29) is 0 Å². The van der Waals surface area contributed by atoms with Crippen molar-refractivity contribution < 1.29 is 9.90 Å². The maximum Gasteiger partial charge on any atom is 0.317 e. The second kappa shape index (κ2) is 5.51. The van der Waals surface area contributed by atoms with E-state index in [1.807, 2.05) is 54.6 Å². The second-order valence-electron chi connectivity index (χ2n) is 4.54.